The smallest absolute Gasteiger partial charge is 0.259 e. The molecule has 0 saturated carbocycles. The molecule has 2 aromatic carbocycles. The third-order valence-electron chi connectivity index (χ3n) is 4.31. The van der Waals surface area contributed by atoms with E-state index in [0.29, 0.717) is 27.8 Å². The maximum atomic E-state index is 12.6. The number of ether oxygens (including phenoxy) is 1. The van der Waals surface area contributed by atoms with Gasteiger partial charge in [0.1, 0.15) is 5.75 Å². The molecule has 0 spiro atoms. The summed E-state index contributed by atoms with van der Waals surface area (Å²) in [4.78, 5) is 21.5. The first-order chi connectivity index (χ1) is 13.5. The number of hydrogen-bond donors (Lipinski definition) is 1. The highest BCUT2D eigenvalue weighted by molar-refractivity contribution is 6.31. The number of benzene rings is 2. The molecular formula is C21H17ClN4O2. The topological polar surface area (TPSA) is 68.5 Å². The lowest BCUT2D eigenvalue weighted by Gasteiger charge is -2.10. The number of anilines is 1. The second kappa shape index (κ2) is 7.32. The maximum Gasteiger partial charge on any atom is 0.259 e. The summed E-state index contributed by atoms with van der Waals surface area (Å²) < 4.78 is 7.12. The second-order valence-corrected chi connectivity index (χ2v) is 6.71. The van der Waals surface area contributed by atoms with Crippen LogP contribution in [0.25, 0.3) is 17.0 Å². The van der Waals surface area contributed by atoms with E-state index in [9.17, 15) is 4.79 Å². The number of methoxy groups -OCH3 is 1. The van der Waals surface area contributed by atoms with Gasteiger partial charge < -0.3 is 10.1 Å². The summed E-state index contributed by atoms with van der Waals surface area (Å²) in [7, 11) is 1.51. The minimum absolute atomic E-state index is 0.292. The molecule has 7 heteroatoms. The molecule has 0 bridgehead atoms. The molecule has 1 N–H and O–H groups in total. The highest BCUT2D eigenvalue weighted by atomic mass is 35.5. The van der Waals surface area contributed by atoms with Crippen LogP contribution in [0.4, 0.5) is 5.69 Å². The van der Waals surface area contributed by atoms with Gasteiger partial charge in [0, 0.05) is 34.4 Å². The van der Waals surface area contributed by atoms with E-state index in [1.165, 1.54) is 7.11 Å². The van der Waals surface area contributed by atoms with E-state index in [1.807, 2.05) is 54.0 Å². The zero-order valence-electron chi connectivity index (χ0n) is 15.3. The number of imidazole rings is 1. The zero-order valence-corrected chi connectivity index (χ0v) is 16.1. The Hall–Kier alpha value is -3.38. The number of aromatic nitrogens is 3. The van der Waals surface area contributed by atoms with Crippen molar-refractivity contribution in [2.75, 3.05) is 12.4 Å². The summed E-state index contributed by atoms with van der Waals surface area (Å²) in [5.74, 6) is 0.825. The van der Waals surface area contributed by atoms with Crippen LogP contribution >= 0.6 is 11.6 Å². The fraction of sp³-hybridized carbons (Fsp3) is 0.0952. The van der Waals surface area contributed by atoms with Gasteiger partial charge in [0.25, 0.3) is 5.91 Å². The summed E-state index contributed by atoms with van der Waals surface area (Å²) in [6, 6.07) is 14.3. The number of halogens is 1. The summed E-state index contributed by atoms with van der Waals surface area (Å²) in [5.41, 5.74) is 3.70. The van der Waals surface area contributed by atoms with Crippen molar-refractivity contribution in [3.05, 3.63) is 77.2 Å². The molecule has 0 aliphatic carbocycles. The minimum Gasteiger partial charge on any atom is -0.496 e. The molecule has 0 radical (unpaired) electrons. The molecule has 28 heavy (non-hydrogen) atoms. The molecule has 6 nitrogen and oxygen atoms in total. The largest absolute Gasteiger partial charge is 0.496 e. The fourth-order valence-corrected chi connectivity index (χ4v) is 3.05. The highest BCUT2D eigenvalue weighted by Gasteiger charge is 2.13. The number of hydrogen-bond acceptors (Lipinski definition) is 4. The zero-order chi connectivity index (χ0) is 19.7. The third-order valence-corrected chi connectivity index (χ3v) is 4.55. The molecule has 0 saturated heterocycles. The van der Waals surface area contributed by atoms with Crippen LogP contribution in [0.1, 0.15) is 16.1 Å². The van der Waals surface area contributed by atoms with Gasteiger partial charge in [0.05, 0.1) is 18.4 Å². The Labute approximate surface area is 166 Å². The lowest BCUT2D eigenvalue weighted by Crippen LogP contribution is -2.13. The molecule has 2 aromatic heterocycles. The van der Waals surface area contributed by atoms with E-state index >= 15 is 0 Å². The van der Waals surface area contributed by atoms with E-state index < -0.39 is 0 Å². The van der Waals surface area contributed by atoms with Gasteiger partial charge in [-0.15, -0.1) is 0 Å². The van der Waals surface area contributed by atoms with Crippen molar-refractivity contribution < 1.29 is 9.53 Å². The Balaban J connectivity index is 1.56. The van der Waals surface area contributed by atoms with Crippen LogP contribution < -0.4 is 10.1 Å². The van der Waals surface area contributed by atoms with Crippen molar-refractivity contribution >= 4 is 29.0 Å². The molecule has 1 amide bonds. The predicted molar refractivity (Wildman–Crippen MR) is 109 cm³/mol. The van der Waals surface area contributed by atoms with Gasteiger partial charge in [-0.25, -0.2) is 9.97 Å². The van der Waals surface area contributed by atoms with E-state index in [1.54, 1.807) is 18.2 Å². The number of fused-ring (bicyclic) bond motifs is 1. The van der Waals surface area contributed by atoms with E-state index in [-0.39, 0.29) is 5.91 Å². The molecule has 0 fully saturated rings. The highest BCUT2D eigenvalue weighted by Crippen LogP contribution is 2.25. The van der Waals surface area contributed by atoms with Gasteiger partial charge in [-0.05, 0) is 43.3 Å². The second-order valence-electron chi connectivity index (χ2n) is 6.28. The monoisotopic (exact) mass is 392 g/mol. The van der Waals surface area contributed by atoms with Crippen LogP contribution in [0.2, 0.25) is 5.02 Å². The number of rotatable bonds is 4. The van der Waals surface area contributed by atoms with Crippen molar-refractivity contribution in [3.63, 3.8) is 0 Å². The van der Waals surface area contributed by atoms with Gasteiger partial charge >= 0.3 is 0 Å². The van der Waals surface area contributed by atoms with Crippen LogP contribution in [0.3, 0.4) is 0 Å². The van der Waals surface area contributed by atoms with E-state index in [0.717, 1.165) is 17.0 Å². The first kappa shape index (κ1) is 18.0. The van der Waals surface area contributed by atoms with Gasteiger partial charge in [-0.2, -0.15) is 0 Å². The Morgan fingerprint density at radius 3 is 2.64 bits per heavy atom. The van der Waals surface area contributed by atoms with Gasteiger partial charge in [0.15, 0.2) is 0 Å². The molecule has 4 rings (SSSR count). The van der Waals surface area contributed by atoms with Crippen molar-refractivity contribution in [2.45, 2.75) is 6.92 Å². The molecule has 0 aliphatic heterocycles. The van der Waals surface area contributed by atoms with Crippen molar-refractivity contribution in [1.29, 1.82) is 0 Å². The number of nitrogens with zero attached hydrogens (tertiary/aromatic N) is 3. The molecule has 0 unspecified atom stereocenters. The average Bonchev–Trinajstić information content (AvgIpc) is 3.11. The predicted octanol–water partition coefficient (Wildman–Crippen LogP) is 4.62. The molecule has 140 valence electrons. The van der Waals surface area contributed by atoms with Crippen molar-refractivity contribution in [2.24, 2.45) is 0 Å². The number of nitrogens with one attached hydrogen (secondary N) is 1. The first-order valence-electron chi connectivity index (χ1n) is 8.61. The van der Waals surface area contributed by atoms with Crippen LogP contribution in [0.15, 0.2) is 60.9 Å². The number of carbonyl (C=O) groups excluding carboxylic acids is 1. The Morgan fingerprint density at radius 2 is 1.89 bits per heavy atom. The lowest BCUT2D eigenvalue weighted by atomic mass is 10.1. The average molecular weight is 393 g/mol. The van der Waals surface area contributed by atoms with Crippen LogP contribution in [0.5, 0.6) is 5.75 Å². The summed E-state index contributed by atoms with van der Waals surface area (Å²) in [6.45, 7) is 1.93. The SMILES string of the molecule is COc1ccc(Cl)cc1C(=O)Nc1ccc(-c2cn3ccc(C)nc3n2)cc1. The lowest BCUT2D eigenvalue weighted by molar-refractivity contribution is 0.102. The van der Waals surface area contributed by atoms with Gasteiger partial charge in [-0.3, -0.25) is 9.20 Å². The maximum absolute atomic E-state index is 12.6. The van der Waals surface area contributed by atoms with Crippen molar-refractivity contribution in [3.8, 4) is 17.0 Å². The quantitative estimate of drug-likeness (QED) is 0.550. The summed E-state index contributed by atoms with van der Waals surface area (Å²) >= 11 is 6.00. The standard InChI is InChI=1S/C21H17ClN4O2/c1-13-9-10-26-12-18(25-21(26)23-13)14-3-6-16(7-4-14)24-20(27)17-11-15(22)5-8-19(17)28-2/h3-12H,1-2H3,(H,24,27). The fourth-order valence-electron chi connectivity index (χ4n) is 2.88. The first-order valence-corrected chi connectivity index (χ1v) is 8.99. The molecule has 0 atom stereocenters. The van der Waals surface area contributed by atoms with E-state index in [2.05, 4.69) is 15.3 Å². The van der Waals surface area contributed by atoms with E-state index in [4.69, 9.17) is 16.3 Å². The van der Waals surface area contributed by atoms with Gasteiger partial charge in [0.2, 0.25) is 5.78 Å². The molecule has 2 heterocycles. The van der Waals surface area contributed by atoms with Gasteiger partial charge in [-0.1, -0.05) is 23.7 Å². The minimum atomic E-state index is -0.292. The number of aryl methyl sites for hydroxylation is 1. The third kappa shape index (κ3) is 3.54. The number of amides is 1. The Morgan fingerprint density at radius 1 is 1.11 bits per heavy atom. The molecular weight excluding hydrogens is 376 g/mol. The normalized spacial score (nSPS) is 10.8. The molecule has 4 aromatic rings. The molecule has 0 aliphatic rings. The number of carbonyl (C=O) groups is 1. The Kier molecular flexibility index (Phi) is 4.71. The van der Waals surface area contributed by atoms with Crippen LogP contribution in [0, 0.1) is 6.92 Å². The summed E-state index contributed by atoms with van der Waals surface area (Å²) in [5, 5.41) is 3.33. The Bertz CT molecular complexity index is 1170. The van der Waals surface area contributed by atoms with Crippen LogP contribution in [-0.4, -0.2) is 27.4 Å². The van der Waals surface area contributed by atoms with Crippen LogP contribution in [-0.2, 0) is 0 Å². The summed E-state index contributed by atoms with van der Waals surface area (Å²) in [6.07, 6.45) is 3.85. The van der Waals surface area contributed by atoms with Crippen molar-refractivity contribution in [1.82, 2.24) is 14.4 Å².